The third-order valence-electron chi connectivity index (χ3n) is 4.38. The Morgan fingerprint density at radius 2 is 1.85 bits per heavy atom. The number of rotatable bonds is 4. The van der Waals surface area contributed by atoms with E-state index in [1.54, 1.807) is 0 Å². The number of halogens is 1. The predicted octanol–water partition coefficient (Wildman–Crippen LogP) is 4.61. The molecule has 0 radical (unpaired) electrons. The molecule has 3 rings (SSSR count). The van der Waals surface area contributed by atoms with Gasteiger partial charge in [0.1, 0.15) is 0 Å². The number of nitrogens with zero attached hydrogens (tertiary/aromatic N) is 1. The van der Waals surface area contributed by atoms with Crippen LogP contribution in [0.15, 0.2) is 30.5 Å². The van der Waals surface area contributed by atoms with E-state index in [1.807, 2.05) is 6.07 Å². The maximum absolute atomic E-state index is 6.29. The molecule has 20 heavy (non-hydrogen) atoms. The minimum atomic E-state index is 0.717. The van der Waals surface area contributed by atoms with Gasteiger partial charge in [0.15, 0.2) is 0 Å². The highest BCUT2D eigenvalue weighted by atomic mass is 35.5. The van der Waals surface area contributed by atoms with Gasteiger partial charge in [-0.15, -0.1) is 0 Å². The first-order valence-corrected chi connectivity index (χ1v) is 8.19. The normalized spacial score (nSPS) is 17.4. The number of aromatic nitrogens is 1. The fourth-order valence-corrected chi connectivity index (χ4v) is 3.54. The lowest BCUT2D eigenvalue weighted by Crippen LogP contribution is -2.31. The molecule has 1 N–H and O–H groups in total. The minimum Gasteiger partial charge on any atom is -0.345 e. The molecule has 0 atom stereocenters. The van der Waals surface area contributed by atoms with Crippen LogP contribution in [0.3, 0.4) is 0 Å². The summed E-state index contributed by atoms with van der Waals surface area (Å²) in [5.41, 5.74) is 1.24. The Morgan fingerprint density at radius 3 is 2.65 bits per heavy atom. The van der Waals surface area contributed by atoms with Crippen molar-refractivity contribution >= 4 is 22.5 Å². The second-order valence-corrected chi connectivity index (χ2v) is 6.24. The van der Waals surface area contributed by atoms with E-state index >= 15 is 0 Å². The monoisotopic (exact) mass is 290 g/mol. The van der Waals surface area contributed by atoms with Crippen LogP contribution in [0.5, 0.6) is 0 Å². The van der Waals surface area contributed by atoms with E-state index < -0.39 is 0 Å². The lowest BCUT2D eigenvalue weighted by Gasteiger charge is -2.16. The molecule has 0 bridgehead atoms. The Morgan fingerprint density at radius 1 is 1.10 bits per heavy atom. The molecule has 2 nitrogen and oxygen atoms in total. The standard InChI is InChI=1S/C17H23ClN2/c18-16-13-20(17-10-6-5-9-15(16)17)12-11-19-14-7-3-1-2-4-8-14/h5-6,9-10,13-14,19H,1-4,7-8,11-12H2. The van der Waals surface area contributed by atoms with E-state index in [9.17, 15) is 0 Å². The molecule has 1 fully saturated rings. The Hall–Kier alpha value is -0.990. The topological polar surface area (TPSA) is 17.0 Å². The lowest BCUT2D eigenvalue weighted by atomic mass is 10.1. The molecule has 1 heterocycles. The van der Waals surface area contributed by atoms with Gasteiger partial charge >= 0.3 is 0 Å². The molecular weight excluding hydrogens is 268 g/mol. The quantitative estimate of drug-likeness (QED) is 0.814. The first-order valence-electron chi connectivity index (χ1n) is 7.81. The third-order valence-corrected chi connectivity index (χ3v) is 4.68. The van der Waals surface area contributed by atoms with Crippen LogP contribution in [-0.4, -0.2) is 17.2 Å². The zero-order valence-corrected chi connectivity index (χ0v) is 12.7. The molecule has 0 amide bonds. The van der Waals surface area contributed by atoms with Crippen molar-refractivity contribution in [2.45, 2.75) is 51.1 Å². The second kappa shape index (κ2) is 6.64. The number of para-hydroxylation sites is 1. The van der Waals surface area contributed by atoms with Crippen molar-refractivity contribution < 1.29 is 0 Å². The van der Waals surface area contributed by atoms with Crippen LogP contribution in [0.1, 0.15) is 38.5 Å². The summed E-state index contributed by atoms with van der Waals surface area (Å²) in [5, 5.41) is 5.73. The van der Waals surface area contributed by atoms with Gasteiger partial charge in [0.2, 0.25) is 0 Å². The first kappa shape index (κ1) is 14.0. The fourth-order valence-electron chi connectivity index (χ4n) is 3.26. The second-order valence-electron chi connectivity index (χ2n) is 5.83. The van der Waals surface area contributed by atoms with Gasteiger partial charge in [-0.2, -0.15) is 0 Å². The lowest BCUT2D eigenvalue weighted by molar-refractivity contribution is 0.447. The van der Waals surface area contributed by atoms with E-state index in [0.717, 1.165) is 29.5 Å². The van der Waals surface area contributed by atoms with Crippen LogP contribution < -0.4 is 5.32 Å². The van der Waals surface area contributed by atoms with E-state index in [-0.39, 0.29) is 0 Å². The van der Waals surface area contributed by atoms with E-state index in [2.05, 4.69) is 34.3 Å². The van der Waals surface area contributed by atoms with Crippen molar-refractivity contribution in [1.82, 2.24) is 9.88 Å². The molecule has 1 aliphatic carbocycles. The van der Waals surface area contributed by atoms with Gasteiger partial charge in [-0.3, -0.25) is 0 Å². The van der Waals surface area contributed by atoms with E-state index in [4.69, 9.17) is 11.6 Å². The maximum Gasteiger partial charge on any atom is 0.0661 e. The van der Waals surface area contributed by atoms with Crippen LogP contribution in [0, 0.1) is 0 Å². The highest BCUT2D eigenvalue weighted by molar-refractivity contribution is 6.35. The van der Waals surface area contributed by atoms with Crippen LogP contribution >= 0.6 is 11.6 Å². The largest absolute Gasteiger partial charge is 0.345 e. The molecule has 0 aliphatic heterocycles. The highest BCUT2D eigenvalue weighted by Crippen LogP contribution is 2.25. The number of hydrogen-bond donors (Lipinski definition) is 1. The number of benzene rings is 1. The van der Waals surface area contributed by atoms with Crippen molar-refractivity contribution in [3.8, 4) is 0 Å². The molecule has 0 spiro atoms. The van der Waals surface area contributed by atoms with Crippen LogP contribution in [0.2, 0.25) is 5.02 Å². The van der Waals surface area contributed by atoms with Crippen molar-refractivity contribution in [1.29, 1.82) is 0 Å². The van der Waals surface area contributed by atoms with Crippen molar-refractivity contribution in [3.05, 3.63) is 35.5 Å². The van der Waals surface area contributed by atoms with Gasteiger partial charge < -0.3 is 9.88 Å². The van der Waals surface area contributed by atoms with Gasteiger partial charge in [0.05, 0.1) is 5.02 Å². The smallest absolute Gasteiger partial charge is 0.0661 e. The van der Waals surface area contributed by atoms with Crippen molar-refractivity contribution in [2.24, 2.45) is 0 Å². The molecule has 0 unspecified atom stereocenters. The van der Waals surface area contributed by atoms with Gasteiger partial charge in [-0.25, -0.2) is 0 Å². The number of nitrogens with one attached hydrogen (secondary N) is 1. The van der Waals surface area contributed by atoms with Crippen molar-refractivity contribution in [2.75, 3.05) is 6.54 Å². The number of fused-ring (bicyclic) bond motifs is 1. The third kappa shape index (κ3) is 3.18. The number of hydrogen-bond acceptors (Lipinski definition) is 1. The maximum atomic E-state index is 6.29. The van der Waals surface area contributed by atoms with E-state index in [1.165, 1.54) is 44.0 Å². The molecule has 0 saturated heterocycles. The molecule has 3 heteroatoms. The van der Waals surface area contributed by atoms with E-state index in [0.29, 0.717) is 0 Å². The molecule has 1 aromatic carbocycles. The van der Waals surface area contributed by atoms with Crippen molar-refractivity contribution in [3.63, 3.8) is 0 Å². The highest BCUT2D eigenvalue weighted by Gasteiger charge is 2.11. The predicted molar refractivity (Wildman–Crippen MR) is 86.4 cm³/mol. The first-order chi connectivity index (χ1) is 9.84. The fraction of sp³-hybridized carbons (Fsp3) is 0.529. The van der Waals surface area contributed by atoms with Crippen LogP contribution in [0.4, 0.5) is 0 Å². The Bertz CT molecular complexity index is 553. The molecule has 2 aromatic rings. The Balaban J connectivity index is 1.59. The van der Waals surface area contributed by atoms with Gasteiger partial charge in [-0.1, -0.05) is 55.5 Å². The summed E-state index contributed by atoms with van der Waals surface area (Å²) in [7, 11) is 0. The molecular formula is C17H23ClN2. The van der Waals surface area contributed by atoms with Crippen LogP contribution in [-0.2, 0) is 6.54 Å². The summed E-state index contributed by atoms with van der Waals surface area (Å²) in [6, 6.07) is 9.07. The molecule has 1 saturated carbocycles. The minimum absolute atomic E-state index is 0.717. The summed E-state index contributed by atoms with van der Waals surface area (Å²) in [4.78, 5) is 0. The van der Waals surface area contributed by atoms with Gasteiger partial charge in [-0.05, 0) is 18.9 Å². The zero-order chi connectivity index (χ0) is 13.8. The summed E-state index contributed by atoms with van der Waals surface area (Å²) in [6.45, 7) is 2.02. The molecule has 1 aromatic heterocycles. The van der Waals surface area contributed by atoms with Gasteiger partial charge in [0.25, 0.3) is 0 Å². The molecule has 1 aliphatic rings. The summed E-state index contributed by atoms with van der Waals surface area (Å²) < 4.78 is 2.27. The summed E-state index contributed by atoms with van der Waals surface area (Å²) in [6.07, 6.45) is 10.3. The summed E-state index contributed by atoms with van der Waals surface area (Å²) in [5.74, 6) is 0. The summed E-state index contributed by atoms with van der Waals surface area (Å²) >= 11 is 6.29. The zero-order valence-electron chi connectivity index (χ0n) is 11.9. The Kier molecular flexibility index (Phi) is 4.64. The molecule has 108 valence electrons. The average molecular weight is 291 g/mol. The SMILES string of the molecule is Clc1cn(CCNC2CCCCCC2)c2ccccc12. The van der Waals surface area contributed by atoms with Gasteiger partial charge in [0, 0.05) is 36.2 Å². The average Bonchev–Trinajstić information content (AvgIpc) is 2.66. The Labute approximate surface area is 126 Å². The van der Waals surface area contributed by atoms with Crippen LogP contribution in [0.25, 0.3) is 10.9 Å².